The number of allylic oxidation sites excluding steroid dienone is 1. The second kappa shape index (κ2) is 7.98. The van der Waals surface area contributed by atoms with E-state index in [-0.39, 0.29) is 11.9 Å². The van der Waals surface area contributed by atoms with E-state index in [1.165, 1.54) is 6.08 Å². The number of ketones is 1. The molecule has 0 aliphatic rings. The Balaban J connectivity index is 2.13. The Hall–Kier alpha value is -2.60. The summed E-state index contributed by atoms with van der Waals surface area (Å²) in [5, 5.41) is 0. The summed E-state index contributed by atoms with van der Waals surface area (Å²) in [6.45, 7) is 3.88. The van der Waals surface area contributed by atoms with Gasteiger partial charge in [-0.05, 0) is 56.3 Å². The SMILES string of the molecule is CC(C)Oc1ccccc1C=CC(=O)c1ccc(NS(C)(=O)=O)cc1. The minimum absolute atomic E-state index is 0.0418. The van der Waals surface area contributed by atoms with Crippen LogP contribution >= 0.6 is 0 Å². The van der Waals surface area contributed by atoms with E-state index in [1.807, 2.05) is 38.1 Å². The van der Waals surface area contributed by atoms with Crippen LogP contribution in [-0.4, -0.2) is 26.6 Å². The number of rotatable bonds is 7. The fraction of sp³-hybridized carbons (Fsp3) is 0.211. The van der Waals surface area contributed by atoms with Gasteiger partial charge in [-0.25, -0.2) is 8.42 Å². The van der Waals surface area contributed by atoms with Crippen molar-refractivity contribution in [3.63, 3.8) is 0 Å². The minimum Gasteiger partial charge on any atom is -0.490 e. The zero-order chi connectivity index (χ0) is 18.4. The molecule has 0 aromatic heterocycles. The van der Waals surface area contributed by atoms with Crippen molar-refractivity contribution in [2.45, 2.75) is 20.0 Å². The van der Waals surface area contributed by atoms with Gasteiger partial charge in [0.25, 0.3) is 0 Å². The maximum atomic E-state index is 12.3. The van der Waals surface area contributed by atoms with E-state index in [0.717, 1.165) is 11.8 Å². The first kappa shape index (κ1) is 18.7. The predicted octanol–water partition coefficient (Wildman–Crippen LogP) is 3.74. The van der Waals surface area contributed by atoms with Crippen LogP contribution in [-0.2, 0) is 10.0 Å². The van der Waals surface area contributed by atoms with Crippen LogP contribution in [0, 0.1) is 0 Å². The molecule has 0 aliphatic carbocycles. The normalized spacial score (nSPS) is 11.7. The van der Waals surface area contributed by atoms with Gasteiger partial charge in [-0.3, -0.25) is 9.52 Å². The monoisotopic (exact) mass is 359 g/mol. The van der Waals surface area contributed by atoms with Crippen molar-refractivity contribution in [1.82, 2.24) is 0 Å². The van der Waals surface area contributed by atoms with Crippen LogP contribution in [0.5, 0.6) is 5.75 Å². The Kier molecular flexibility index (Phi) is 5.98. The molecule has 0 aliphatic heterocycles. The van der Waals surface area contributed by atoms with E-state index in [4.69, 9.17) is 4.74 Å². The minimum atomic E-state index is -3.33. The molecule has 25 heavy (non-hydrogen) atoms. The Labute approximate surface area is 148 Å². The molecule has 0 spiro atoms. The van der Waals surface area contributed by atoms with Crippen molar-refractivity contribution >= 4 is 27.6 Å². The second-order valence-corrected chi connectivity index (χ2v) is 7.60. The summed E-state index contributed by atoms with van der Waals surface area (Å²) in [4.78, 5) is 12.3. The lowest BCUT2D eigenvalue weighted by molar-refractivity contribution is 0.104. The number of para-hydroxylation sites is 1. The molecule has 0 fully saturated rings. The molecule has 0 saturated heterocycles. The fourth-order valence-electron chi connectivity index (χ4n) is 2.16. The van der Waals surface area contributed by atoms with Gasteiger partial charge >= 0.3 is 0 Å². The van der Waals surface area contributed by atoms with E-state index in [1.54, 1.807) is 30.3 Å². The fourth-order valence-corrected chi connectivity index (χ4v) is 2.72. The van der Waals surface area contributed by atoms with Gasteiger partial charge in [-0.2, -0.15) is 0 Å². The molecule has 6 heteroatoms. The summed E-state index contributed by atoms with van der Waals surface area (Å²) < 4.78 is 30.4. The second-order valence-electron chi connectivity index (χ2n) is 5.85. The quantitative estimate of drug-likeness (QED) is 0.604. The molecule has 0 saturated carbocycles. The van der Waals surface area contributed by atoms with Crippen LogP contribution in [0.4, 0.5) is 5.69 Å². The Bertz CT molecular complexity index is 869. The molecule has 2 aromatic carbocycles. The lowest BCUT2D eigenvalue weighted by Gasteiger charge is -2.11. The van der Waals surface area contributed by atoms with Crippen molar-refractivity contribution in [2.24, 2.45) is 0 Å². The zero-order valence-corrected chi connectivity index (χ0v) is 15.2. The topological polar surface area (TPSA) is 72.5 Å². The average Bonchev–Trinajstić information content (AvgIpc) is 2.52. The molecular weight excluding hydrogens is 338 g/mol. The highest BCUT2D eigenvalue weighted by Crippen LogP contribution is 2.21. The van der Waals surface area contributed by atoms with E-state index in [9.17, 15) is 13.2 Å². The lowest BCUT2D eigenvalue weighted by Crippen LogP contribution is -2.09. The van der Waals surface area contributed by atoms with Crippen LogP contribution < -0.4 is 9.46 Å². The van der Waals surface area contributed by atoms with Gasteiger partial charge in [0, 0.05) is 16.8 Å². The maximum absolute atomic E-state index is 12.3. The number of hydrogen-bond acceptors (Lipinski definition) is 4. The molecule has 0 bridgehead atoms. The molecular formula is C19H21NO4S. The summed E-state index contributed by atoms with van der Waals surface area (Å²) in [6, 6.07) is 13.8. The molecule has 1 N–H and O–H groups in total. The molecule has 0 atom stereocenters. The highest BCUT2D eigenvalue weighted by molar-refractivity contribution is 7.92. The summed E-state index contributed by atoms with van der Waals surface area (Å²) in [5.41, 5.74) is 1.70. The Morgan fingerprint density at radius 2 is 1.72 bits per heavy atom. The highest BCUT2D eigenvalue weighted by atomic mass is 32.2. The van der Waals surface area contributed by atoms with E-state index in [0.29, 0.717) is 17.0 Å². The number of benzene rings is 2. The summed E-state index contributed by atoms with van der Waals surface area (Å²) in [7, 11) is -3.33. The third-order valence-electron chi connectivity index (χ3n) is 3.17. The first-order valence-corrected chi connectivity index (χ1v) is 9.70. The average molecular weight is 359 g/mol. The molecule has 0 amide bonds. The molecule has 5 nitrogen and oxygen atoms in total. The van der Waals surface area contributed by atoms with Gasteiger partial charge in [0.15, 0.2) is 5.78 Å². The third kappa shape index (κ3) is 6.08. The standard InChI is InChI=1S/C19H21NO4S/c1-14(2)24-19-7-5-4-6-16(19)10-13-18(21)15-8-11-17(12-9-15)20-25(3,22)23/h4-14,20H,1-3H3. The van der Waals surface area contributed by atoms with Gasteiger partial charge in [-0.15, -0.1) is 0 Å². The van der Waals surface area contributed by atoms with Gasteiger partial charge in [0.2, 0.25) is 10.0 Å². The molecule has 2 rings (SSSR count). The number of sulfonamides is 1. The lowest BCUT2D eigenvalue weighted by atomic mass is 10.1. The number of anilines is 1. The van der Waals surface area contributed by atoms with E-state index in [2.05, 4.69) is 4.72 Å². The smallest absolute Gasteiger partial charge is 0.229 e. The van der Waals surface area contributed by atoms with Crippen LogP contribution in [0.25, 0.3) is 6.08 Å². The first-order valence-electron chi connectivity index (χ1n) is 7.80. The van der Waals surface area contributed by atoms with Crippen LogP contribution in [0.1, 0.15) is 29.8 Å². The Morgan fingerprint density at radius 3 is 2.32 bits per heavy atom. The third-order valence-corrected chi connectivity index (χ3v) is 3.78. The zero-order valence-electron chi connectivity index (χ0n) is 14.4. The first-order chi connectivity index (χ1) is 11.7. The summed E-state index contributed by atoms with van der Waals surface area (Å²) in [6.07, 6.45) is 4.30. The van der Waals surface area contributed by atoms with Crippen molar-refractivity contribution in [3.8, 4) is 5.75 Å². The summed E-state index contributed by atoms with van der Waals surface area (Å²) >= 11 is 0. The predicted molar refractivity (Wildman–Crippen MR) is 100 cm³/mol. The van der Waals surface area contributed by atoms with Gasteiger partial charge < -0.3 is 4.74 Å². The summed E-state index contributed by atoms with van der Waals surface area (Å²) in [5.74, 6) is 0.541. The van der Waals surface area contributed by atoms with Gasteiger partial charge in [-0.1, -0.05) is 18.2 Å². The molecule has 0 heterocycles. The van der Waals surface area contributed by atoms with Crippen molar-refractivity contribution in [2.75, 3.05) is 11.0 Å². The molecule has 0 radical (unpaired) electrons. The van der Waals surface area contributed by atoms with Crippen molar-refractivity contribution in [1.29, 1.82) is 0 Å². The number of hydrogen-bond donors (Lipinski definition) is 1. The number of carbonyl (C=O) groups excluding carboxylic acids is 1. The van der Waals surface area contributed by atoms with Crippen LogP contribution in [0.15, 0.2) is 54.6 Å². The van der Waals surface area contributed by atoms with Crippen molar-refractivity contribution < 1.29 is 17.9 Å². The molecule has 2 aromatic rings. The molecule has 132 valence electrons. The van der Waals surface area contributed by atoms with E-state index < -0.39 is 10.0 Å². The number of carbonyl (C=O) groups is 1. The Morgan fingerprint density at radius 1 is 1.08 bits per heavy atom. The molecule has 0 unspecified atom stereocenters. The maximum Gasteiger partial charge on any atom is 0.229 e. The van der Waals surface area contributed by atoms with Gasteiger partial charge in [0.05, 0.1) is 12.4 Å². The van der Waals surface area contributed by atoms with Gasteiger partial charge in [0.1, 0.15) is 5.75 Å². The number of nitrogens with one attached hydrogen (secondary N) is 1. The van der Waals surface area contributed by atoms with E-state index >= 15 is 0 Å². The largest absolute Gasteiger partial charge is 0.490 e. The number of ether oxygens (including phenoxy) is 1. The highest BCUT2D eigenvalue weighted by Gasteiger charge is 2.06. The van der Waals surface area contributed by atoms with Crippen LogP contribution in [0.3, 0.4) is 0 Å². The van der Waals surface area contributed by atoms with Crippen LogP contribution in [0.2, 0.25) is 0 Å². The van der Waals surface area contributed by atoms with Crippen molar-refractivity contribution in [3.05, 3.63) is 65.7 Å².